The van der Waals surface area contributed by atoms with Gasteiger partial charge in [-0.15, -0.1) is 0 Å². The smallest absolute Gasteiger partial charge is 0.287 e. The van der Waals surface area contributed by atoms with Crippen molar-refractivity contribution >= 4 is 39.9 Å². The Hall–Kier alpha value is -2.18. The number of alkyl halides is 3. The predicted molar refractivity (Wildman–Crippen MR) is 84.4 cm³/mol. The van der Waals surface area contributed by atoms with Gasteiger partial charge < -0.3 is 0 Å². The number of rotatable bonds is 2. The molecular weight excluding hydrogens is 364 g/mol. The minimum atomic E-state index is -4.73. The van der Waals surface area contributed by atoms with Crippen molar-refractivity contribution in [3.05, 3.63) is 69.6 Å². The van der Waals surface area contributed by atoms with E-state index < -0.39 is 17.7 Å². The summed E-state index contributed by atoms with van der Waals surface area (Å²) in [5.41, 5.74) is -1.56. The van der Waals surface area contributed by atoms with Gasteiger partial charge in [0.05, 0.1) is 10.5 Å². The van der Waals surface area contributed by atoms with Crippen LogP contribution in [-0.4, -0.2) is 15.8 Å². The molecule has 0 N–H and O–H groups in total. The van der Waals surface area contributed by atoms with Gasteiger partial charge >= 0.3 is 6.18 Å². The number of halogens is 5. The number of benzene rings is 1. The minimum absolute atomic E-state index is 0.00854. The Morgan fingerprint density at radius 2 is 1.83 bits per heavy atom. The predicted octanol–water partition coefficient (Wildman–Crippen LogP) is 5.19. The first-order valence-corrected chi connectivity index (χ1v) is 7.35. The van der Waals surface area contributed by atoms with Crippen LogP contribution in [0.2, 0.25) is 10.0 Å². The van der Waals surface area contributed by atoms with Crippen LogP contribution in [0.4, 0.5) is 13.2 Å². The van der Waals surface area contributed by atoms with E-state index in [1.54, 1.807) is 12.1 Å². The van der Waals surface area contributed by atoms with Crippen LogP contribution in [0.15, 0.2) is 42.6 Å². The highest BCUT2D eigenvalue weighted by Crippen LogP contribution is 2.35. The van der Waals surface area contributed by atoms with E-state index >= 15 is 0 Å². The van der Waals surface area contributed by atoms with Gasteiger partial charge in [-0.3, -0.25) is 9.78 Å². The maximum absolute atomic E-state index is 13.1. The van der Waals surface area contributed by atoms with Gasteiger partial charge in [0.25, 0.3) is 0 Å². The number of fused-ring (bicyclic) bond motifs is 1. The van der Waals surface area contributed by atoms with Crippen LogP contribution < -0.4 is 0 Å². The molecule has 0 amide bonds. The average Bonchev–Trinajstić information content (AvgIpc) is 2.53. The molecular formula is C16H7Cl2F3N2O. The van der Waals surface area contributed by atoms with Crippen LogP contribution in [0.1, 0.15) is 21.7 Å². The molecule has 0 fully saturated rings. The summed E-state index contributed by atoms with van der Waals surface area (Å²) < 4.78 is 39.3. The van der Waals surface area contributed by atoms with E-state index in [2.05, 4.69) is 9.97 Å². The van der Waals surface area contributed by atoms with Gasteiger partial charge in [-0.2, -0.15) is 13.2 Å². The van der Waals surface area contributed by atoms with Crippen LogP contribution in [0.25, 0.3) is 10.9 Å². The van der Waals surface area contributed by atoms with E-state index in [1.807, 2.05) is 0 Å². The molecule has 0 aliphatic rings. The molecule has 122 valence electrons. The number of ketones is 1. The van der Waals surface area contributed by atoms with Gasteiger partial charge in [-0.05, 0) is 30.3 Å². The number of hydrogen-bond acceptors (Lipinski definition) is 3. The first-order chi connectivity index (χ1) is 11.3. The average molecular weight is 371 g/mol. The van der Waals surface area contributed by atoms with Crippen LogP contribution in [-0.2, 0) is 6.18 Å². The third-order valence-corrected chi connectivity index (χ3v) is 3.77. The summed E-state index contributed by atoms with van der Waals surface area (Å²) in [7, 11) is 0. The van der Waals surface area contributed by atoms with Gasteiger partial charge in [0.2, 0.25) is 5.78 Å². The lowest BCUT2D eigenvalue weighted by Crippen LogP contribution is -2.12. The van der Waals surface area contributed by atoms with Crippen molar-refractivity contribution in [3.63, 3.8) is 0 Å². The zero-order valence-electron chi connectivity index (χ0n) is 11.7. The van der Waals surface area contributed by atoms with Gasteiger partial charge in [0.15, 0.2) is 0 Å². The van der Waals surface area contributed by atoms with Crippen molar-refractivity contribution < 1.29 is 18.0 Å². The number of nitrogens with zero attached hydrogens (tertiary/aromatic N) is 2. The Kier molecular flexibility index (Phi) is 4.19. The van der Waals surface area contributed by atoms with Crippen molar-refractivity contribution in [2.24, 2.45) is 0 Å². The van der Waals surface area contributed by atoms with Crippen LogP contribution >= 0.6 is 23.2 Å². The second kappa shape index (κ2) is 6.03. The molecule has 0 saturated heterocycles. The lowest BCUT2D eigenvalue weighted by Gasteiger charge is -2.12. The Labute approximate surface area is 144 Å². The molecule has 0 aliphatic heterocycles. The topological polar surface area (TPSA) is 42.9 Å². The summed E-state index contributed by atoms with van der Waals surface area (Å²) in [5.74, 6) is -0.674. The van der Waals surface area contributed by atoms with E-state index in [1.165, 1.54) is 24.4 Å². The third kappa shape index (κ3) is 3.07. The molecule has 0 aliphatic carbocycles. The molecule has 2 aromatic heterocycles. The Morgan fingerprint density at radius 3 is 2.46 bits per heavy atom. The zero-order chi connectivity index (χ0) is 17.5. The normalized spacial score (nSPS) is 11.7. The van der Waals surface area contributed by atoms with E-state index in [9.17, 15) is 18.0 Å². The highest BCUT2D eigenvalue weighted by Gasteiger charge is 2.34. The number of aromatic nitrogens is 2. The first kappa shape index (κ1) is 16.7. The summed E-state index contributed by atoms with van der Waals surface area (Å²) in [4.78, 5) is 20.0. The molecule has 0 atom stereocenters. The second-order valence-corrected chi connectivity index (χ2v) is 5.72. The number of hydrogen-bond donors (Lipinski definition) is 0. The van der Waals surface area contributed by atoms with Gasteiger partial charge in [0.1, 0.15) is 11.4 Å². The fourth-order valence-corrected chi connectivity index (χ4v) is 2.76. The maximum atomic E-state index is 13.1. The van der Waals surface area contributed by atoms with E-state index in [0.29, 0.717) is 6.07 Å². The Bertz CT molecular complexity index is 943. The number of carbonyl (C=O) groups excluding carboxylic acids is 1. The summed E-state index contributed by atoms with van der Waals surface area (Å²) >= 11 is 11.9. The summed E-state index contributed by atoms with van der Waals surface area (Å²) in [5, 5.41) is 0.249. The van der Waals surface area contributed by atoms with E-state index in [0.717, 1.165) is 0 Å². The molecule has 24 heavy (non-hydrogen) atoms. The lowest BCUT2D eigenvalue weighted by molar-refractivity contribution is -0.140. The Morgan fingerprint density at radius 1 is 1.08 bits per heavy atom. The van der Waals surface area contributed by atoms with Crippen molar-refractivity contribution in [1.29, 1.82) is 0 Å². The summed E-state index contributed by atoms with van der Waals surface area (Å²) in [6.45, 7) is 0. The fourth-order valence-electron chi connectivity index (χ4n) is 2.22. The van der Waals surface area contributed by atoms with Crippen LogP contribution in [0.5, 0.6) is 0 Å². The highest BCUT2D eigenvalue weighted by atomic mass is 35.5. The Balaban J connectivity index is 2.34. The molecule has 0 saturated carbocycles. The van der Waals surface area contributed by atoms with E-state index in [-0.39, 0.29) is 32.2 Å². The van der Waals surface area contributed by atoms with Crippen LogP contribution in [0.3, 0.4) is 0 Å². The molecule has 0 spiro atoms. The van der Waals surface area contributed by atoms with Gasteiger partial charge in [-0.25, -0.2) is 4.98 Å². The molecule has 8 heteroatoms. The SMILES string of the molecule is O=C(c1ccccn1)c1cc(C(F)(F)F)nc2c(Cl)cc(Cl)cc12. The molecule has 1 aromatic carbocycles. The molecule has 0 radical (unpaired) electrons. The standard InChI is InChI=1S/C16H7Cl2F3N2O/c17-8-5-9-10(15(24)12-3-1-2-4-22-12)7-13(16(19,20)21)23-14(9)11(18)6-8/h1-7H. The molecule has 0 unspecified atom stereocenters. The molecule has 0 bridgehead atoms. The van der Waals surface area contributed by atoms with Gasteiger partial charge in [-0.1, -0.05) is 29.3 Å². The summed E-state index contributed by atoms with van der Waals surface area (Å²) in [6.07, 6.45) is -3.35. The first-order valence-electron chi connectivity index (χ1n) is 6.60. The zero-order valence-corrected chi connectivity index (χ0v) is 13.2. The molecule has 3 aromatic rings. The van der Waals surface area contributed by atoms with Gasteiger partial charge in [0, 0.05) is 22.2 Å². The largest absolute Gasteiger partial charge is 0.433 e. The quantitative estimate of drug-likeness (QED) is 0.583. The number of carbonyl (C=O) groups is 1. The van der Waals surface area contributed by atoms with E-state index in [4.69, 9.17) is 23.2 Å². The lowest BCUT2D eigenvalue weighted by atomic mass is 10.0. The van der Waals surface area contributed by atoms with Crippen LogP contribution in [0, 0.1) is 0 Å². The monoisotopic (exact) mass is 370 g/mol. The molecule has 3 rings (SSSR count). The summed E-state index contributed by atoms with van der Waals surface area (Å²) in [6, 6.07) is 7.88. The molecule has 3 nitrogen and oxygen atoms in total. The van der Waals surface area contributed by atoms with Crippen molar-refractivity contribution in [3.8, 4) is 0 Å². The van der Waals surface area contributed by atoms with Crippen molar-refractivity contribution in [2.75, 3.05) is 0 Å². The van der Waals surface area contributed by atoms with Crippen molar-refractivity contribution in [2.45, 2.75) is 6.18 Å². The third-order valence-electron chi connectivity index (χ3n) is 3.26. The second-order valence-electron chi connectivity index (χ2n) is 4.88. The molecule has 2 heterocycles. The fraction of sp³-hybridized carbons (Fsp3) is 0.0625. The van der Waals surface area contributed by atoms with Crippen molar-refractivity contribution in [1.82, 2.24) is 9.97 Å². The maximum Gasteiger partial charge on any atom is 0.433 e. The number of pyridine rings is 2. The highest BCUT2D eigenvalue weighted by molar-refractivity contribution is 6.39. The minimum Gasteiger partial charge on any atom is -0.287 e.